The van der Waals surface area contributed by atoms with Crippen LogP contribution in [0.15, 0.2) is 5.10 Å². The van der Waals surface area contributed by atoms with Crippen LogP contribution < -0.4 is 0 Å². The van der Waals surface area contributed by atoms with Crippen molar-refractivity contribution in [2.45, 2.75) is 19.8 Å². The molecule has 0 aliphatic carbocycles. The predicted molar refractivity (Wildman–Crippen MR) is 52.6 cm³/mol. The molecule has 13 heavy (non-hydrogen) atoms. The third kappa shape index (κ3) is 3.05. The highest BCUT2D eigenvalue weighted by molar-refractivity contribution is 5.87. The van der Waals surface area contributed by atoms with Crippen LogP contribution >= 0.6 is 0 Å². The number of hydrogen-bond donors (Lipinski definition) is 0. The number of carbonyl (C=O) groups excluding carboxylic acids is 1. The van der Waals surface area contributed by atoms with Crippen molar-refractivity contribution in [1.29, 1.82) is 0 Å². The summed E-state index contributed by atoms with van der Waals surface area (Å²) in [6.45, 7) is 3.26. The summed E-state index contributed by atoms with van der Waals surface area (Å²) in [4.78, 5) is 12.9. The van der Waals surface area contributed by atoms with Crippen LogP contribution in [0, 0.1) is 0 Å². The lowest BCUT2D eigenvalue weighted by molar-refractivity contribution is -0.128. The van der Waals surface area contributed by atoms with E-state index in [1.165, 1.54) is 5.71 Å². The van der Waals surface area contributed by atoms with Crippen LogP contribution in [0.2, 0.25) is 0 Å². The second-order valence-electron chi connectivity index (χ2n) is 3.52. The Morgan fingerprint density at radius 1 is 1.38 bits per heavy atom. The number of nitrogens with zero attached hydrogens (tertiary/aromatic N) is 3. The van der Waals surface area contributed by atoms with Crippen LogP contribution in [-0.2, 0) is 4.79 Å². The second kappa shape index (κ2) is 4.25. The van der Waals surface area contributed by atoms with Gasteiger partial charge in [0.05, 0.1) is 0 Å². The first-order chi connectivity index (χ1) is 6.09. The molecular formula is C9H17N3O. The van der Waals surface area contributed by atoms with Gasteiger partial charge in [-0.25, -0.2) is 0 Å². The van der Waals surface area contributed by atoms with Gasteiger partial charge in [0.25, 0.3) is 0 Å². The molecule has 0 unspecified atom stereocenters. The van der Waals surface area contributed by atoms with E-state index in [9.17, 15) is 4.79 Å². The van der Waals surface area contributed by atoms with Crippen molar-refractivity contribution < 1.29 is 4.79 Å². The zero-order chi connectivity index (χ0) is 9.84. The summed E-state index contributed by atoms with van der Waals surface area (Å²) in [5.74, 6) is 0.170. The number of hydrazone groups is 1. The van der Waals surface area contributed by atoms with Gasteiger partial charge >= 0.3 is 0 Å². The first-order valence-corrected chi connectivity index (χ1v) is 4.59. The SMILES string of the molecule is CC(=O)N1CCC(=NN(C)C)CC1. The maximum atomic E-state index is 11.0. The van der Waals surface area contributed by atoms with E-state index in [2.05, 4.69) is 5.10 Å². The summed E-state index contributed by atoms with van der Waals surface area (Å²) in [6, 6.07) is 0. The van der Waals surface area contributed by atoms with E-state index < -0.39 is 0 Å². The monoisotopic (exact) mass is 183 g/mol. The minimum absolute atomic E-state index is 0.170. The lowest BCUT2D eigenvalue weighted by Gasteiger charge is -2.26. The number of likely N-dealkylation sites (tertiary alicyclic amines) is 1. The highest BCUT2D eigenvalue weighted by Gasteiger charge is 2.16. The largest absolute Gasteiger partial charge is 0.342 e. The van der Waals surface area contributed by atoms with Crippen molar-refractivity contribution >= 4 is 11.6 Å². The smallest absolute Gasteiger partial charge is 0.219 e. The van der Waals surface area contributed by atoms with Crippen molar-refractivity contribution in [3.05, 3.63) is 0 Å². The number of carbonyl (C=O) groups is 1. The molecule has 1 aliphatic rings. The first-order valence-electron chi connectivity index (χ1n) is 4.59. The van der Waals surface area contributed by atoms with E-state index >= 15 is 0 Å². The zero-order valence-electron chi connectivity index (χ0n) is 8.58. The summed E-state index contributed by atoms with van der Waals surface area (Å²) in [5, 5.41) is 6.16. The highest BCUT2D eigenvalue weighted by Crippen LogP contribution is 2.07. The average Bonchev–Trinajstić information content (AvgIpc) is 2.04. The third-order valence-corrected chi connectivity index (χ3v) is 2.13. The van der Waals surface area contributed by atoms with E-state index in [1.54, 1.807) is 6.92 Å². The predicted octanol–water partition coefficient (Wildman–Crippen LogP) is 0.546. The third-order valence-electron chi connectivity index (χ3n) is 2.13. The van der Waals surface area contributed by atoms with E-state index in [0.717, 1.165) is 25.9 Å². The number of rotatable bonds is 1. The molecule has 0 atom stereocenters. The molecule has 0 radical (unpaired) electrons. The fourth-order valence-corrected chi connectivity index (χ4v) is 1.46. The summed E-state index contributed by atoms with van der Waals surface area (Å²) in [6.07, 6.45) is 1.83. The topological polar surface area (TPSA) is 35.9 Å². The molecule has 1 aliphatic heterocycles. The van der Waals surface area contributed by atoms with E-state index in [1.807, 2.05) is 24.0 Å². The van der Waals surface area contributed by atoms with Gasteiger partial charge in [-0.15, -0.1) is 0 Å². The van der Waals surface area contributed by atoms with Gasteiger partial charge in [0.15, 0.2) is 0 Å². The molecule has 74 valence electrons. The summed E-state index contributed by atoms with van der Waals surface area (Å²) < 4.78 is 0. The summed E-state index contributed by atoms with van der Waals surface area (Å²) >= 11 is 0. The fraction of sp³-hybridized carbons (Fsp3) is 0.778. The average molecular weight is 183 g/mol. The molecule has 0 aromatic rings. The molecule has 0 aromatic carbocycles. The Balaban J connectivity index is 2.43. The van der Waals surface area contributed by atoms with Crippen LogP contribution in [0.5, 0.6) is 0 Å². The second-order valence-corrected chi connectivity index (χ2v) is 3.52. The maximum absolute atomic E-state index is 11.0. The number of hydrogen-bond acceptors (Lipinski definition) is 3. The van der Waals surface area contributed by atoms with Crippen LogP contribution in [0.3, 0.4) is 0 Å². The zero-order valence-corrected chi connectivity index (χ0v) is 8.58. The Morgan fingerprint density at radius 3 is 2.31 bits per heavy atom. The van der Waals surface area contributed by atoms with Gasteiger partial charge in [0.2, 0.25) is 5.91 Å². The molecule has 0 bridgehead atoms. The Morgan fingerprint density at radius 2 is 1.92 bits per heavy atom. The quantitative estimate of drug-likeness (QED) is 0.556. The minimum atomic E-state index is 0.170. The van der Waals surface area contributed by atoms with Crippen molar-refractivity contribution in [3.8, 4) is 0 Å². The molecule has 0 N–H and O–H groups in total. The van der Waals surface area contributed by atoms with Gasteiger partial charge < -0.3 is 9.91 Å². The van der Waals surface area contributed by atoms with Crippen LogP contribution in [0.25, 0.3) is 0 Å². The molecule has 1 rings (SSSR count). The lowest BCUT2D eigenvalue weighted by Crippen LogP contribution is -2.37. The molecule has 1 fully saturated rings. The summed E-state index contributed by atoms with van der Waals surface area (Å²) in [5.41, 5.74) is 1.20. The number of amides is 1. The van der Waals surface area contributed by atoms with Crippen molar-refractivity contribution in [1.82, 2.24) is 9.91 Å². The van der Waals surface area contributed by atoms with Crippen molar-refractivity contribution in [2.75, 3.05) is 27.2 Å². The number of piperidine rings is 1. The maximum Gasteiger partial charge on any atom is 0.219 e. The highest BCUT2D eigenvalue weighted by atomic mass is 16.2. The molecule has 1 saturated heterocycles. The lowest BCUT2D eigenvalue weighted by atomic mass is 10.1. The Hall–Kier alpha value is -1.06. The molecule has 1 heterocycles. The molecule has 1 amide bonds. The van der Waals surface area contributed by atoms with E-state index in [-0.39, 0.29) is 5.91 Å². The molecule has 4 heteroatoms. The molecule has 4 nitrogen and oxygen atoms in total. The standard InChI is InChI=1S/C9H17N3O/c1-8(13)12-6-4-9(5-7-12)10-11(2)3/h4-7H2,1-3H3. The van der Waals surface area contributed by atoms with Crippen molar-refractivity contribution in [2.24, 2.45) is 5.10 Å². The van der Waals surface area contributed by atoms with E-state index in [4.69, 9.17) is 0 Å². The van der Waals surface area contributed by atoms with Crippen LogP contribution in [0.4, 0.5) is 0 Å². The van der Waals surface area contributed by atoms with Gasteiger partial charge in [0.1, 0.15) is 0 Å². The normalized spacial score (nSPS) is 17.2. The van der Waals surface area contributed by atoms with Gasteiger partial charge in [-0.2, -0.15) is 5.10 Å². The first kappa shape index (κ1) is 10.0. The van der Waals surface area contributed by atoms with Crippen LogP contribution in [0.1, 0.15) is 19.8 Å². The molecular weight excluding hydrogens is 166 g/mol. The molecule has 0 spiro atoms. The van der Waals surface area contributed by atoms with Gasteiger partial charge in [-0.05, 0) is 0 Å². The van der Waals surface area contributed by atoms with Gasteiger partial charge in [-0.3, -0.25) is 4.79 Å². The fourth-order valence-electron chi connectivity index (χ4n) is 1.46. The molecule has 0 saturated carbocycles. The van der Waals surface area contributed by atoms with E-state index in [0.29, 0.717) is 0 Å². The van der Waals surface area contributed by atoms with Gasteiger partial charge in [0, 0.05) is 52.7 Å². The Bertz CT molecular complexity index is 213. The van der Waals surface area contributed by atoms with Gasteiger partial charge in [-0.1, -0.05) is 0 Å². The Labute approximate surface area is 79.2 Å². The van der Waals surface area contributed by atoms with Crippen molar-refractivity contribution in [3.63, 3.8) is 0 Å². The minimum Gasteiger partial charge on any atom is -0.342 e. The molecule has 0 aromatic heterocycles. The Kier molecular flexibility index (Phi) is 3.28. The summed E-state index contributed by atoms with van der Waals surface area (Å²) in [7, 11) is 3.84. The van der Waals surface area contributed by atoms with Crippen LogP contribution in [-0.4, -0.2) is 48.7 Å².